The number of esters is 1. The van der Waals surface area contributed by atoms with E-state index in [4.69, 9.17) is 4.74 Å². The maximum atomic E-state index is 11.4. The quantitative estimate of drug-likeness (QED) is 0.596. The molecule has 1 rings (SSSR count). The highest BCUT2D eigenvalue weighted by Crippen LogP contribution is 2.24. The summed E-state index contributed by atoms with van der Waals surface area (Å²) in [6.07, 6.45) is 2.43. The molecular formula is C13H19NO2S. The van der Waals surface area contributed by atoms with Crippen LogP contribution in [0.15, 0.2) is 29.2 Å². The van der Waals surface area contributed by atoms with Gasteiger partial charge in [0, 0.05) is 10.9 Å². The molecule has 1 aromatic rings. The Labute approximate surface area is 107 Å². The Balaban J connectivity index is 2.85. The van der Waals surface area contributed by atoms with Gasteiger partial charge < -0.3 is 9.64 Å². The molecule has 17 heavy (non-hydrogen) atoms. The Morgan fingerprint density at radius 3 is 2.35 bits per heavy atom. The minimum absolute atomic E-state index is 0.0679. The van der Waals surface area contributed by atoms with Crippen LogP contribution in [0.1, 0.15) is 18.0 Å². The predicted octanol–water partition coefficient (Wildman–Crippen LogP) is 2.57. The Morgan fingerprint density at radius 1 is 1.35 bits per heavy atom. The van der Waals surface area contributed by atoms with Crippen LogP contribution in [0.3, 0.4) is 0 Å². The van der Waals surface area contributed by atoms with Crippen molar-refractivity contribution in [3.05, 3.63) is 29.8 Å². The standard InChI is InChI=1S/C13H19NO2S/c1-14(2)12(9-13(15)16-3)10-5-7-11(17-4)8-6-10/h5-8,12H,9H2,1-4H3. The van der Waals surface area contributed by atoms with Crippen LogP contribution < -0.4 is 0 Å². The average molecular weight is 253 g/mol. The van der Waals surface area contributed by atoms with Crippen LogP contribution >= 0.6 is 11.8 Å². The molecule has 4 heteroatoms. The lowest BCUT2D eigenvalue weighted by atomic mass is 10.0. The average Bonchev–Trinajstić information content (AvgIpc) is 2.35. The SMILES string of the molecule is COC(=O)CC(c1ccc(SC)cc1)N(C)C. The van der Waals surface area contributed by atoms with Gasteiger partial charge in [-0.25, -0.2) is 0 Å². The summed E-state index contributed by atoms with van der Waals surface area (Å²) in [7, 11) is 5.36. The summed E-state index contributed by atoms with van der Waals surface area (Å²) in [4.78, 5) is 14.6. The number of carbonyl (C=O) groups excluding carboxylic acids is 1. The second-order valence-corrected chi connectivity index (χ2v) is 4.91. The summed E-state index contributed by atoms with van der Waals surface area (Å²) in [6.45, 7) is 0. The molecule has 0 spiro atoms. The van der Waals surface area contributed by atoms with E-state index in [1.54, 1.807) is 11.8 Å². The Bertz CT molecular complexity index is 362. The molecule has 0 radical (unpaired) electrons. The van der Waals surface area contributed by atoms with E-state index in [1.165, 1.54) is 12.0 Å². The summed E-state index contributed by atoms with van der Waals surface area (Å²) in [5, 5.41) is 0. The number of carbonyl (C=O) groups is 1. The van der Waals surface area contributed by atoms with Crippen LogP contribution in [0.4, 0.5) is 0 Å². The maximum absolute atomic E-state index is 11.4. The summed E-state index contributed by atoms with van der Waals surface area (Å²) in [5.74, 6) is -0.183. The number of hydrogen-bond acceptors (Lipinski definition) is 4. The third kappa shape index (κ3) is 4.06. The fraction of sp³-hybridized carbons (Fsp3) is 0.462. The van der Waals surface area contributed by atoms with Crippen LogP contribution in [0.25, 0.3) is 0 Å². The topological polar surface area (TPSA) is 29.5 Å². The lowest BCUT2D eigenvalue weighted by Gasteiger charge is -2.23. The molecule has 0 fully saturated rings. The normalized spacial score (nSPS) is 12.5. The second-order valence-electron chi connectivity index (χ2n) is 4.03. The Morgan fingerprint density at radius 2 is 1.94 bits per heavy atom. The number of thioether (sulfide) groups is 1. The number of ether oxygens (including phenoxy) is 1. The van der Waals surface area contributed by atoms with E-state index in [0.29, 0.717) is 6.42 Å². The number of rotatable bonds is 5. The van der Waals surface area contributed by atoms with Gasteiger partial charge in [0.2, 0.25) is 0 Å². The zero-order chi connectivity index (χ0) is 12.8. The first-order valence-electron chi connectivity index (χ1n) is 5.45. The van der Waals surface area contributed by atoms with Gasteiger partial charge in [-0.2, -0.15) is 0 Å². The highest BCUT2D eigenvalue weighted by Gasteiger charge is 2.18. The highest BCUT2D eigenvalue weighted by molar-refractivity contribution is 7.98. The monoisotopic (exact) mass is 253 g/mol. The lowest BCUT2D eigenvalue weighted by Crippen LogP contribution is -2.23. The Hall–Kier alpha value is -1.00. The van der Waals surface area contributed by atoms with Crippen LogP contribution in [0.5, 0.6) is 0 Å². The van der Waals surface area contributed by atoms with Gasteiger partial charge in [-0.3, -0.25) is 4.79 Å². The van der Waals surface area contributed by atoms with Crippen molar-refractivity contribution in [1.82, 2.24) is 4.90 Å². The van der Waals surface area contributed by atoms with Crippen molar-refractivity contribution in [3.8, 4) is 0 Å². The molecule has 94 valence electrons. The minimum Gasteiger partial charge on any atom is -0.469 e. The van der Waals surface area contributed by atoms with Crippen molar-refractivity contribution in [2.75, 3.05) is 27.5 Å². The van der Waals surface area contributed by atoms with Crippen LogP contribution in [-0.2, 0) is 9.53 Å². The third-order valence-electron chi connectivity index (χ3n) is 2.71. The molecule has 0 bridgehead atoms. The largest absolute Gasteiger partial charge is 0.469 e. The fourth-order valence-corrected chi connectivity index (χ4v) is 2.07. The molecule has 1 unspecified atom stereocenters. The van der Waals surface area contributed by atoms with Crippen LogP contribution in [-0.4, -0.2) is 38.3 Å². The van der Waals surface area contributed by atoms with E-state index in [0.717, 1.165) is 5.56 Å². The van der Waals surface area contributed by atoms with E-state index in [1.807, 2.05) is 25.3 Å². The van der Waals surface area contributed by atoms with Gasteiger partial charge >= 0.3 is 5.97 Å². The van der Waals surface area contributed by atoms with Gasteiger partial charge in [0.1, 0.15) is 0 Å². The van der Waals surface area contributed by atoms with Gasteiger partial charge in [-0.1, -0.05) is 12.1 Å². The summed E-state index contributed by atoms with van der Waals surface area (Å²) >= 11 is 1.71. The summed E-state index contributed by atoms with van der Waals surface area (Å²) < 4.78 is 4.73. The Kier molecular flexibility index (Phi) is 5.51. The molecule has 0 aliphatic carbocycles. The molecule has 1 aromatic carbocycles. The van der Waals surface area contributed by atoms with Crippen molar-refractivity contribution in [1.29, 1.82) is 0 Å². The second kappa shape index (κ2) is 6.67. The first kappa shape index (κ1) is 14.1. The molecule has 0 aliphatic heterocycles. The van der Waals surface area contributed by atoms with Crippen molar-refractivity contribution in [2.45, 2.75) is 17.4 Å². The molecule has 0 amide bonds. The van der Waals surface area contributed by atoms with Gasteiger partial charge in [0.25, 0.3) is 0 Å². The van der Waals surface area contributed by atoms with Crippen LogP contribution in [0, 0.1) is 0 Å². The first-order chi connectivity index (χ1) is 8.08. The van der Waals surface area contributed by atoms with Crippen molar-refractivity contribution in [2.24, 2.45) is 0 Å². The molecule has 0 saturated heterocycles. The van der Waals surface area contributed by atoms with Crippen molar-refractivity contribution < 1.29 is 9.53 Å². The number of nitrogens with zero attached hydrogens (tertiary/aromatic N) is 1. The van der Waals surface area contributed by atoms with E-state index in [9.17, 15) is 4.79 Å². The van der Waals surface area contributed by atoms with E-state index in [2.05, 4.69) is 24.3 Å². The lowest BCUT2D eigenvalue weighted by molar-refractivity contribution is -0.141. The number of benzene rings is 1. The van der Waals surface area contributed by atoms with E-state index >= 15 is 0 Å². The van der Waals surface area contributed by atoms with Crippen molar-refractivity contribution >= 4 is 17.7 Å². The smallest absolute Gasteiger partial charge is 0.307 e. The van der Waals surface area contributed by atoms with Crippen LogP contribution in [0.2, 0.25) is 0 Å². The molecule has 1 atom stereocenters. The molecule has 0 aromatic heterocycles. The maximum Gasteiger partial charge on any atom is 0.307 e. The highest BCUT2D eigenvalue weighted by atomic mass is 32.2. The molecule has 0 aliphatic rings. The number of methoxy groups -OCH3 is 1. The van der Waals surface area contributed by atoms with Gasteiger partial charge in [0.05, 0.1) is 13.5 Å². The first-order valence-corrected chi connectivity index (χ1v) is 6.68. The van der Waals surface area contributed by atoms with E-state index in [-0.39, 0.29) is 12.0 Å². The predicted molar refractivity (Wildman–Crippen MR) is 71.3 cm³/mol. The molecule has 0 saturated carbocycles. The number of hydrogen-bond donors (Lipinski definition) is 0. The van der Waals surface area contributed by atoms with Gasteiger partial charge in [-0.05, 0) is 38.0 Å². The van der Waals surface area contributed by atoms with E-state index < -0.39 is 0 Å². The minimum atomic E-state index is -0.183. The zero-order valence-corrected chi connectivity index (χ0v) is 11.6. The summed E-state index contributed by atoms with van der Waals surface area (Å²) in [6, 6.07) is 8.36. The third-order valence-corrected chi connectivity index (χ3v) is 3.46. The zero-order valence-electron chi connectivity index (χ0n) is 10.8. The molecule has 0 heterocycles. The fourth-order valence-electron chi connectivity index (χ4n) is 1.67. The van der Waals surface area contributed by atoms with Gasteiger partial charge in [0.15, 0.2) is 0 Å². The summed E-state index contributed by atoms with van der Waals surface area (Å²) in [5.41, 5.74) is 1.14. The van der Waals surface area contributed by atoms with Gasteiger partial charge in [-0.15, -0.1) is 11.8 Å². The molecular weight excluding hydrogens is 234 g/mol. The van der Waals surface area contributed by atoms with Crippen molar-refractivity contribution in [3.63, 3.8) is 0 Å². The molecule has 0 N–H and O–H groups in total. The molecule has 3 nitrogen and oxygen atoms in total.